The van der Waals surface area contributed by atoms with Gasteiger partial charge in [-0.1, -0.05) is 42.5 Å². The maximum Gasteiger partial charge on any atom is 0.0455 e. The van der Waals surface area contributed by atoms with Gasteiger partial charge in [0.05, 0.1) is 0 Å². The molecule has 3 heteroatoms. The maximum absolute atomic E-state index is 5.68. The zero-order chi connectivity index (χ0) is 14.5. The van der Waals surface area contributed by atoms with E-state index in [1.54, 1.807) is 0 Å². The lowest BCUT2D eigenvalue weighted by molar-refractivity contribution is 0.473. The van der Waals surface area contributed by atoms with Crippen LogP contribution in [0.3, 0.4) is 0 Å². The molecule has 0 spiro atoms. The van der Waals surface area contributed by atoms with Crippen molar-refractivity contribution in [2.24, 2.45) is 5.73 Å². The van der Waals surface area contributed by atoms with Crippen molar-refractivity contribution in [3.05, 3.63) is 65.7 Å². The first-order valence-electron chi connectivity index (χ1n) is 7.67. The van der Waals surface area contributed by atoms with E-state index in [4.69, 9.17) is 5.73 Å². The highest BCUT2D eigenvalue weighted by molar-refractivity contribution is 5.49. The molecule has 1 heterocycles. The molecule has 21 heavy (non-hydrogen) atoms. The van der Waals surface area contributed by atoms with Crippen LogP contribution in [-0.4, -0.2) is 25.7 Å². The first kappa shape index (κ1) is 14.1. The summed E-state index contributed by atoms with van der Waals surface area (Å²) >= 11 is 0. The topological polar surface area (TPSA) is 41.3 Å². The average molecular weight is 281 g/mol. The molecule has 3 rings (SSSR count). The van der Waals surface area contributed by atoms with Crippen molar-refractivity contribution in [3.63, 3.8) is 0 Å². The molecule has 2 aromatic rings. The zero-order valence-electron chi connectivity index (χ0n) is 12.3. The summed E-state index contributed by atoms with van der Waals surface area (Å²) in [4.78, 5) is 2.52. The highest BCUT2D eigenvalue weighted by Crippen LogP contribution is 2.21. The fourth-order valence-electron chi connectivity index (χ4n) is 2.99. The van der Waals surface area contributed by atoms with E-state index in [-0.39, 0.29) is 0 Å². The SMILES string of the molecule is NCc1ccc(N2CCNCC2Cc2ccccc2)cc1. The first-order chi connectivity index (χ1) is 10.4. The summed E-state index contributed by atoms with van der Waals surface area (Å²) in [6.07, 6.45) is 1.08. The monoisotopic (exact) mass is 281 g/mol. The lowest BCUT2D eigenvalue weighted by Crippen LogP contribution is -2.52. The Labute approximate surface area is 126 Å². The highest BCUT2D eigenvalue weighted by Gasteiger charge is 2.22. The van der Waals surface area contributed by atoms with Crippen molar-refractivity contribution < 1.29 is 0 Å². The Balaban J connectivity index is 1.77. The summed E-state index contributed by atoms with van der Waals surface area (Å²) in [5, 5.41) is 3.52. The lowest BCUT2D eigenvalue weighted by atomic mass is 10.0. The number of nitrogens with two attached hydrogens (primary N) is 1. The van der Waals surface area contributed by atoms with Crippen molar-refractivity contribution in [2.75, 3.05) is 24.5 Å². The number of rotatable bonds is 4. The van der Waals surface area contributed by atoms with Crippen LogP contribution in [0.25, 0.3) is 0 Å². The molecule has 110 valence electrons. The van der Waals surface area contributed by atoms with Gasteiger partial charge in [-0.15, -0.1) is 0 Å². The van der Waals surface area contributed by atoms with E-state index in [9.17, 15) is 0 Å². The third-order valence-electron chi connectivity index (χ3n) is 4.17. The van der Waals surface area contributed by atoms with Crippen LogP contribution in [0.5, 0.6) is 0 Å². The van der Waals surface area contributed by atoms with Gasteiger partial charge in [0.15, 0.2) is 0 Å². The Bertz CT molecular complexity index is 550. The minimum Gasteiger partial charge on any atom is -0.366 e. The molecule has 0 radical (unpaired) electrons. The molecule has 1 fully saturated rings. The average Bonchev–Trinajstić information content (AvgIpc) is 2.56. The van der Waals surface area contributed by atoms with Crippen molar-refractivity contribution in [1.29, 1.82) is 0 Å². The van der Waals surface area contributed by atoms with Crippen LogP contribution in [0.2, 0.25) is 0 Å². The minimum atomic E-state index is 0.505. The summed E-state index contributed by atoms with van der Waals surface area (Å²) in [5.74, 6) is 0. The molecule has 3 N–H and O–H groups in total. The molecule has 1 unspecified atom stereocenters. The van der Waals surface area contributed by atoms with Crippen LogP contribution in [0.4, 0.5) is 5.69 Å². The van der Waals surface area contributed by atoms with E-state index in [2.05, 4.69) is 64.8 Å². The Morgan fingerprint density at radius 2 is 1.76 bits per heavy atom. The van der Waals surface area contributed by atoms with Crippen molar-refractivity contribution >= 4 is 5.69 Å². The molecule has 2 aromatic carbocycles. The molecule has 0 bridgehead atoms. The number of benzene rings is 2. The molecule has 1 aliphatic heterocycles. The molecule has 1 aliphatic rings. The van der Waals surface area contributed by atoms with Crippen molar-refractivity contribution in [3.8, 4) is 0 Å². The van der Waals surface area contributed by atoms with Gasteiger partial charge >= 0.3 is 0 Å². The number of nitrogens with zero attached hydrogens (tertiary/aromatic N) is 1. The Hall–Kier alpha value is -1.84. The second kappa shape index (κ2) is 6.74. The second-order valence-corrected chi connectivity index (χ2v) is 5.61. The van der Waals surface area contributed by atoms with Crippen molar-refractivity contribution in [2.45, 2.75) is 19.0 Å². The summed E-state index contributed by atoms with van der Waals surface area (Å²) in [5.41, 5.74) is 9.57. The minimum absolute atomic E-state index is 0.505. The molecule has 3 nitrogen and oxygen atoms in total. The maximum atomic E-state index is 5.68. The van der Waals surface area contributed by atoms with E-state index in [1.165, 1.54) is 16.8 Å². The summed E-state index contributed by atoms with van der Waals surface area (Å²) in [6.45, 7) is 3.74. The van der Waals surface area contributed by atoms with Crippen LogP contribution in [0.15, 0.2) is 54.6 Å². The van der Waals surface area contributed by atoms with Crippen LogP contribution < -0.4 is 16.0 Å². The smallest absolute Gasteiger partial charge is 0.0455 e. The fraction of sp³-hybridized carbons (Fsp3) is 0.333. The van der Waals surface area contributed by atoms with Gasteiger partial charge in [-0.05, 0) is 29.7 Å². The third-order valence-corrected chi connectivity index (χ3v) is 4.17. The molecule has 1 saturated heterocycles. The highest BCUT2D eigenvalue weighted by atomic mass is 15.2. The number of nitrogens with one attached hydrogen (secondary N) is 1. The van der Waals surface area contributed by atoms with Crippen LogP contribution in [-0.2, 0) is 13.0 Å². The van der Waals surface area contributed by atoms with E-state index in [1.807, 2.05) is 0 Å². The van der Waals surface area contributed by atoms with E-state index < -0.39 is 0 Å². The predicted octanol–water partition coefficient (Wildman–Crippen LogP) is 2.17. The lowest BCUT2D eigenvalue weighted by Gasteiger charge is -2.38. The van der Waals surface area contributed by atoms with Crippen LogP contribution >= 0.6 is 0 Å². The Morgan fingerprint density at radius 1 is 1.00 bits per heavy atom. The fourth-order valence-corrected chi connectivity index (χ4v) is 2.99. The molecular weight excluding hydrogens is 258 g/mol. The first-order valence-corrected chi connectivity index (χ1v) is 7.67. The predicted molar refractivity (Wildman–Crippen MR) is 88.5 cm³/mol. The molecule has 0 aliphatic carbocycles. The molecule has 0 amide bonds. The van der Waals surface area contributed by atoms with Gasteiger partial charge in [0.1, 0.15) is 0 Å². The molecular formula is C18H23N3. The van der Waals surface area contributed by atoms with Gasteiger partial charge in [-0.25, -0.2) is 0 Å². The summed E-state index contributed by atoms with van der Waals surface area (Å²) in [6, 6.07) is 19.9. The normalized spacial score (nSPS) is 18.7. The number of hydrogen-bond acceptors (Lipinski definition) is 3. The van der Waals surface area contributed by atoms with E-state index >= 15 is 0 Å². The van der Waals surface area contributed by atoms with E-state index in [0.29, 0.717) is 12.6 Å². The molecule has 0 aromatic heterocycles. The van der Waals surface area contributed by atoms with Gasteiger partial charge in [0.2, 0.25) is 0 Å². The van der Waals surface area contributed by atoms with Crippen LogP contribution in [0.1, 0.15) is 11.1 Å². The Kier molecular flexibility index (Phi) is 4.53. The number of piperazine rings is 1. The van der Waals surface area contributed by atoms with Gasteiger partial charge < -0.3 is 16.0 Å². The quantitative estimate of drug-likeness (QED) is 0.902. The van der Waals surface area contributed by atoms with E-state index in [0.717, 1.165) is 26.1 Å². The number of anilines is 1. The largest absolute Gasteiger partial charge is 0.366 e. The second-order valence-electron chi connectivity index (χ2n) is 5.61. The van der Waals surface area contributed by atoms with Crippen molar-refractivity contribution in [1.82, 2.24) is 5.32 Å². The van der Waals surface area contributed by atoms with Crippen LogP contribution in [0, 0.1) is 0 Å². The molecule has 0 saturated carbocycles. The number of hydrogen-bond donors (Lipinski definition) is 2. The summed E-state index contributed by atoms with van der Waals surface area (Å²) < 4.78 is 0. The summed E-state index contributed by atoms with van der Waals surface area (Å²) in [7, 11) is 0. The van der Waals surface area contributed by atoms with Gasteiger partial charge in [-0.3, -0.25) is 0 Å². The standard InChI is InChI=1S/C18H23N3/c19-13-16-6-8-17(9-7-16)21-11-10-20-14-18(21)12-15-4-2-1-3-5-15/h1-9,18,20H,10-14,19H2. The van der Waals surface area contributed by atoms with Gasteiger partial charge in [0.25, 0.3) is 0 Å². The third kappa shape index (κ3) is 3.43. The Morgan fingerprint density at radius 3 is 2.48 bits per heavy atom. The van der Waals surface area contributed by atoms with Gasteiger partial charge in [0, 0.05) is 37.9 Å². The van der Waals surface area contributed by atoms with Gasteiger partial charge in [-0.2, -0.15) is 0 Å². The molecule has 1 atom stereocenters. The zero-order valence-corrected chi connectivity index (χ0v) is 12.3.